The van der Waals surface area contributed by atoms with E-state index in [0.717, 1.165) is 0 Å². The molecule has 27 heavy (non-hydrogen) atoms. The van der Waals surface area contributed by atoms with Crippen molar-refractivity contribution >= 4 is 35.7 Å². The summed E-state index contributed by atoms with van der Waals surface area (Å²) in [6.45, 7) is 1.11. The van der Waals surface area contributed by atoms with Crippen molar-refractivity contribution in [2.24, 2.45) is 5.92 Å². The molecule has 2 heterocycles. The lowest BCUT2D eigenvalue weighted by Gasteiger charge is -2.31. The normalized spacial score (nSPS) is 14.1. The lowest BCUT2D eigenvalue weighted by Crippen LogP contribution is -2.43. The Morgan fingerprint density at radius 3 is 2.48 bits per heavy atom. The zero-order chi connectivity index (χ0) is 18.4. The summed E-state index contributed by atoms with van der Waals surface area (Å²) in [5, 5.41) is 2.84. The van der Waals surface area contributed by atoms with Crippen LogP contribution in [0, 0.1) is 5.92 Å². The van der Waals surface area contributed by atoms with E-state index < -0.39 is 0 Å². The van der Waals surface area contributed by atoms with Crippen LogP contribution in [0.1, 0.15) is 12.8 Å². The van der Waals surface area contributed by atoms with E-state index in [1.54, 1.807) is 17.0 Å². The third kappa shape index (κ3) is 5.86. The van der Waals surface area contributed by atoms with E-state index in [2.05, 4.69) is 10.3 Å². The van der Waals surface area contributed by atoms with Crippen LogP contribution in [0.15, 0.2) is 48.7 Å². The van der Waals surface area contributed by atoms with E-state index in [0.29, 0.717) is 43.2 Å². The van der Waals surface area contributed by atoms with E-state index in [1.165, 1.54) is 6.20 Å². The van der Waals surface area contributed by atoms with Gasteiger partial charge in [0.05, 0.1) is 11.9 Å². The fraction of sp³-hybridized carbons (Fsp3) is 0.316. The van der Waals surface area contributed by atoms with Crippen LogP contribution < -0.4 is 15.8 Å². The second kappa shape index (κ2) is 9.78. The van der Waals surface area contributed by atoms with Gasteiger partial charge in [0.25, 0.3) is 5.91 Å². The molecule has 0 spiro atoms. The third-order valence-corrected chi connectivity index (χ3v) is 4.38. The zero-order valence-corrected chi connectivity index (χ0v) is 15.7. The third-order valence-electron chi connectivity index (χ3n) is 4.38. The molecule has 1 aromatic heterocycles. The van der Waals surface area contributed by atoms with Crippen molar-refractivity contribution in [1.29, 1.82) is 0 Å². The molecular weight excluding hydrogens is 368 g/mol. The molecule has 0 saturated carbocycles. The Bertz CT molecular complexity index is 747. The maximum Gasteiger partial charge on any atom is 0.260 e. The van der Waals surface area contributed by atoms with Crippen molar-refractivity contribution in [2.45, 2.75) is 12.8 Å². The number of anilines is 2. The highest BCUT2D eigenvalue weighted by Gasteiger charge is 2.27. The minimum Gasteiger partial charge on any atom is -0.484 e. The van der Waals surface area contributed by atoms with Crippen LogP contribution in [0.3, 0.4) is 0 Å². The summed E-state index contributed by atoms with van der Waals surface area (Å²) >= 11 is 0. The van der Waals surface area contributed by atoms with Crippen molar-refractivity contribution in [1.82, 2.24) is 9.88 Å². The number of amides is 2. The first-order chi connectivity index (χ1) is 12.6. The maximum absolute atomic E-state index is 12.3. The number of hydrogen-bond acceptors (Lipinski definition) is 5. The molecular formula is C19H23ClN4O3. The summed E-state index contributed by atoms with van der Waals surface area (Å²) in [5.74, 6) is 0.853. The number of halogens is 1. The summed E-state index contributed by atoms with van der Waals surface area (Å²) in [5.41, 5.74) is 6.16. The van der Waals surface area contributed by atoms with Gasteiger partial charge >= 0.3 is 0 Å². The molecule has 2 amide bonds. The van der Waals surface area contributed by atoms with Gasteiger partial charge in [-0.05, 0) is 37.1 Å². The monoisotopic (exact) mass is 390 g/mol. The van der Waals surface area contributed by atoms with Crippen molar-refractivity contribution in [2.75, 3.05) is 30.7 Å². The van der Waals surface area contributed by atoms with Crippen LogP contribution in [0.4, 0.5) is 11.5 Å². The Hall–Kier alpha value is -2.80. The number of para-hydroxylation sites is 1. The molecule has 0 atom stereocenters. The largest absolute Gasteiger partial charge is 0.484 e. The van der Waals surface area contributed by atoms with Gasteiger partial charge in [-0.1, -0.05) is 18.2 Å². The fourth-order valence-corrected chi connectivity index (χ4v) is 2.87. The van der Waals surface area contributed by atoms with Crippen LogP contribution in [-0.2, 0) is 9.59 Å². The van der Waals surface area contributed by atoms with Gasteiger partial charge in [0.1, 0.15) is 11.6 Å². The summed E-state index contributed by atoms with van der Waals surface area (Å²) in [6, 6.07) is 12.6. The smallest absolute Gasteiger partial charge is 0.260 e. The number of carbonyl (C=O) groups is 2. The molecule has 0 unspecified atom stereocenters. The van der Waals surface area contributed by atoms with Gasteiger partial charge in [0, 0.05) is 19.0 Å². The molecule has 1 saturated heterocycles. The number of nitrogens with zero attached hydrogens (tertiary/aromatic N) is 2. The highest BCUT2D eigenvalue weighted by atomic mass is 35.5. The van der Waals surface area contributed by atoms with E-state index in [9.17, 15) is 9.59 Å². The molecule has 7 nitrogen and oxygen atoms in total. The molecule has 1 fully saturated rings. The number of pyridine rings is 1. The van der Waals surface area contributed by atoms with Crippen molar-refractivity contribution < 1.29 is 14.3 Å². The van der Waals surface area contributed by atoms with Crippen molar-refractivity contribution in [3.63, 3.8) is 0 Å². The number of nitrogen functional groups attached to an aromatic ring is 1. The first-order valence-electron chi connectivity index (χ1n) is 8.60. The minimum atomic E-state index is -0.119. The zero-order valence-electron chi connectivity index (χ0n) is 14.8. The average Bonchev–Trinajstić information content (AvgIpc) is 2.69. The second-order valence-electron chi connectivity index (χ2n) is 6.22. The van der Waals surface area contributed by atoms with Gasteiger partial charge < -0.3 is 20.7 Å². The topological polar surface area (TPSA) is 97.6 Å². The number of benzene rings is 1. The predicted molar refractivity (Wildman–Crippen MR) is 106 cm³/mol. The lowest BCUT2D eigenvalue weighted by atomic mass is 9.96. The Labute approximate surface area is 164 Å². The van der Waals surface area contributed by atoms with Gasteiger partial charge in [0.15, 0.2) is 6.61 Å². The number of nitrogens with two attached hydrogens (primary N) is 1. The van der Waals surface area contributed by atoms with Gasteiger partial charge in [-0.15, -0.1) is 12.4 Å². The Kier molecular flexibility index (Phi) is 7.43. The fourth-order valence-electron chi connectivity index (χ4n) is 2.87. The molecule has 1 aliphatic rings. The van der Waals surface area contributed by atoms with Crippen LogP contribution in [0.2, 0.25) is 0 Å². The first kappa shape index (κ1) is 20.5. The molecule has 1 aromatic carbocycles. The number of hydrogen-bond donors (Lipinski definition) is 2. The SMILES string of the molecule is Cl.Nc1ccc(NC(=O)C2CCN(C(=O)COc3ccccc3)CC2)cn1. The minimum absolute atomic E-state index is 0. The molecule has 2 aromatic rings. The Morgan fingerprint density at radius 2 is 1.85 bits per heavy atom. The average molecular weight is 391 g/mol. The van der Waals surface area contributed by atoms with Gasteiger partial charge in [-0.2, -0.15) is 0 Å². The lowest BCUT2D eigenvalue weighted by molar-refractivity contribution is -0.136. The first-order valence-corrected chi connectivity index (χ1v) is 8.60. The number of carbonyl (C=O) groups excluding carboxylic acids is 2. The summed E-state index contributed by atoms with van der Waals surface area (Å²) in [4.78, 5) is 30.3. The predicted octanol–water partition coefficient (Wildman–Crippen LogP) is 2.34. The molecule has 3 N–H and O–H groups in total. The van der Waals surface area contributed by atoms with E-state index in [4.69, 9.17) is 10.5 Å². The van der Waals surface area contributed by atoms with Gasteiger partial charge in [0.2, 0.25) is 5.91 Å². The molecule has 1 aliphatic heterocycles. The number of ether oxygens (including phenoxy) is 1. The van der Waals surface area contributed by atoms with Gasteiger partial charge in [-0.25, -0.2) is 4.98 Å². The number of rotatable bonds is 5. The molecule has 0 aliphatic carbocycles. The molecule has 8 heteroatoms. The number of piperidine rings is 1. The number of aromatic nitrogens is 1. The summed E-state index contributed by atoms with van der Waals surface area (Å²) in [6.07, 6.45) is 2.80. The number of likely N-dealkylation sites (tertiary alicyclic amines) is 1. The quantitative estimate of drug-likeness (QED) is 0.816. The Morgan fingerprint density at radius 1 is 1.15 bits per heavy atom. The summed E-state index contributed by atoms with van der Waals surface area (Å²) < 4.78 is 5.50. The van der Waals surface area contributed by atoms with Crippen LogP contribution in [-0.4, -0.2) is 41.4 Å². The van der Waals surface area contributed by atoms with Crippen LogP contribution in [0.25, 0.3) is 0 Å². The Balaban J connectivity index is 0.00000261. The van der Waals surface area contributed by atoms with Crippen LogP contribution >= 0.6 is 12.4 Å². The summed E-state index contributed by atoms with van der Waals surface area (Å²) in [7, 11) is 0. The highest BCUT2D eigenvalue weighted by Crippen LogP contribution is 2.20. The molecule has 0 radical (unpaired) electrons. The van der Waals surface area contributed by atoms with E-state index in [-0.39, 0.29) is 36.7 Å². The second-order valence-corrected chi connectivity index (χ2v) is 6.22. The van der Waals surface area contributed by atoms with Crippen molar-refractivity contribution in [3.8, 4) is 5.75 Å². The molecule has 3 rings (SSSR count). The standard InChI is InChI=1S/C19H22N4O3.ClH/c20-17-7-6-15(12-21-17)22-19(25)14-8-10-23(11-9-14)18(24)13-26-16-4-2-1-3-5-16;/h1-7,12,14H,8-11,13H2,(H2,20,21)(H,22,25);1H. The van der Waals surface area contributed by atoms with E-state index in [1.807, 2.05) is 30.3 Å². The van der Waals surface area contributed by atoms with Gasteiger partial charge in [-0.3, -0.25) is 9.59 Å². The van der Waals surface area contributed by atoms with E-state index >= 15 is 0 Å². The molecule has 0 bridgehead atoms. The van der Waals surface area contributed by atoms with Crippen molar-refractivity contribution in [3.05, 3.63) is 48.7 Å². The maximum atomic E-state index is 12.3. The number of nitrogens with one attached hydrogen (secondary N) is 1. The highest BCUT2D eigenvalue weighted by molar-refractivity contribution is 5.92. The van der Waals surface area contributed by atoms with Crippen LogP contribution in [0.5, 0.6) is 5.75 Å². The molecule has 144 valence electrons.